The summed E-state index contributed by atoms with van der Waals surface area (Å²) in [5, 5.41) is 27.7. The lowest BCUT2D eigenvalue weighted by atomic mass is 9.85. The lowest BCUT2D eigenvalue weighted by molar-refractivity contribution is -0.134. The zero-order valence-corrected chi connectivity index (χ0v) is 42.1. The normalized spacial score (nSPS) is 22.9. The maximum Gasteiger partial charge on any atom is 0.319 e. The van der Waals surface area contributed by atoms with Crippen LogP contribution in [-0.2, 0) is 16.0 Å². The van der Waals surface area contributed by atoms with E-state index in [9.17, 15) is 24.6 Å². The van der Waals surface area contributed by atoms with E-state index in [1.54, 1.807) is 24.0 Å². The second-order valence-corrected chi connectivity index (χ2v) is 22.1. The summed E-state index contributed by atoms with van der Waals surface area (Å²) in [7, 11) is 0. The molecule has 5 aliphatic heterocycles. The molecule has 0 bridgehead atoms. The first-order valence-corrected chi connectivity index (χ1v) is 26.6. The van der Waals surface area contributed by atoms with Crippen molar-refractivity contribution in [2.75, 3.05) is 88.4 Å². The van der Waals surface area contributed by atoms with Crippen LogP contribution in [0.25, 0.3) is 43.7 Å². The van der Waals surface area contributed by atoms with Gasteiger partial charge in [-0.25, -0.2) is 8.78 Å². The zero-order chi connectivity index (χ0) is 51.0. The van der Waals surface area contributed by atoms with E-state index in [0.717, 1.165) is 107 Å². The Morgan fingerprint density at radius 1 is 0.838 bits per heavy atom. The van der Waals surface area contributed by atoms with Crippen LogP contribution in [0.3, 0.4) is 0 Å². The average molecular weight is 1010 g/mol. The molecule has 3 amide bonds. The number of fused-ring (bicyclic) bond motifs is 2. The van der Waals surface area contributed by atoms with Gasteiger partial charge in [0.2, 0.25) is 11.8 Å². The smallest absolute Gasteiger partial charge is 0.319 e. The van der Waals surface area contributed by atoms with Crippen LogP contribution in [0.2, 0.25) is 0 Å². The van der Waals surface area contributed by atoms with Crippen LogP contribution in [0.1, 0.15) is 92.6 Å². The van der Waals surface area contributed by atoms with E-state index < -0.39 is 29.2 Å². The number of β-amino-alcohol motifs (C(OH)–C–C–N with tert-alkyl or cyclic N) is 1. The fraction of sp³-hybridized carbons (Fsp3) is 0.474. The Kier molecular flexibility index (Phi) is 12.5. The number of aliphatic hydroxyl groups is 1. The predicted octanol–water partition coefficient (Wildman–Crippen LogP) is 7.32. The number of phenols is 1. The summed E-state index contributed by atoms with van der Waals surface area (Å²) >= 11 is 0. The number of carbonyl (C=O) groups excluding carboxylic acids is 3. The third kappa shape index (κ3) is 8.98. The first-order chi connectivity index (χ1) is 35.7. The molecule has 4 saturated heterocycles. The van der Waals surface area contributed by atoms with Crippen LogP contribution in [0.5, 0.6) is 11.8 Å². The van der Waals surface area contributed by atoms with Crippen molar-refractivity contribution < 1.29 is 38.1 Å². The number of hydrogen-bond donors (Lipinski definition) is 3. The monoisotopic (exact) mass is 1010 g/mol. The molecule has 2 aromatic heterocycles. The number of aromatic nitrogens is 3. The molecule has 0 radical (unpaired) electrons. The zero-order valence-electron chi connectivity index (χ0n) is 42.1. The van der Waals surface area contributed by atoms with Gasteiger partial charge in [-0.15, -0.1) is 0 Å². The number of aromatic hydroxyl groups is 1. The standard InChI is InChI=1S/C57H63F2N9O6/c1-3-37-43(58)11-8-35-28-36(69)29-41(47(35)37)50-49(59)51-42(30-60-50)52(67-19-5-16-56(2,73)31-67)63-55(62-51)74-33-57(17-18-57)32-66-26-24-65(25-27-66)23-22-64-20-14-34(15-21-64)38-9-10-40-48-39(38)6-4-7-44(48)68(54(40)72)45-12-13-46(70)61-53(45)71/h4,6-11,28-30,34,45,69,73H,3,5,12-27,31-33H2,1-2H3,(H,61,70,71)/t45?,56-/m1/s1. The largest absolute Gasteiger partial charge is 0.508 e. The Bertz CT molecular complexity index is 3240. The van der Waals surface area contributed by atoms with Crippen molar-refractivity contribution in [1.82, 2.24) is 35.0 Å². The molecule has 15 nitrogen and oxygen atoms in total. The average Bonchev–Trinajstić information content (AvgIpc) is 4.11. The number of rotatable bonds is 13. The number of aryl methyl sites for hydroxylation is 1. The number of carbonyl (C=O) groups is 3. The number of nitrogens with one attached hydrogen (secondary N) is 1. The summed E-state index contributed by atoms with van der Waals surface area (Å²) in [5.41, 5.74) is 2.21. The summed E-state index contributed by atoms with van der Waals surface area (Å²) in [6, 6.07) is 15.3. The highest BCUT2D eigenvalue weighted by Gasteiger charge is 2.46. The maximum atomic E-state index is 17.2. The topological polar surface area (TPSA) is 168 Å². The van der Waals surface area contributed by atoms with E-state index in [4.69, 9.17) is 14.7 Å². The Labute approximate surface area is 428 Å². The number of piperidine rings is 3. The Morgan fingerprint density at radius 3 is 2.35 bits per heavy atom. The predicted molar refractivity (Wildman–Crippen MR) is 279 cm³/mol. The third-order valence-corrected chi connectivity index (χ3v) is 16.9. The molecule has 17 heteroatoms. The summed E-state index contributed by atoms with van der Waals surface area (Å²) in [6.07, 6.45) is 7.82. The van der Waals surface area contributed by atoms with Crippen molar-refractivity contribution in [2.24, 2.45) is 5.41 Å². The molecule has 386 valence electrons. The van der Waals surface area contributed by atoms with Gasteiger partial charge in [0, 0.05) is 93.4 Å². The first kappa shape index (κ1) is 48.5. The quantitative estimate of drug-likeness (QED) is 0.0987. The number of benzene rings is 4. The van der Waals surface area contributed by atoms with Crippen molar-refractivity contribution in [3.63, 3.8) is 0 Å². The van der Waals surface area contributed by atoms with Crippen LogP contribution < -0.4 is 19.9 Å². The van der Waals surface area contributed by atoms with E-state index in [0.29, 0.717) is 78.0 Å². The summed E-state index contributed by atoms with van der Waals surface area (Å²) in [4.78, 5) is 63.8. The van der Waals surface area contributed by atoms with E-state index in [-0.39, 0.29) is 52.2 Å². The highest BCUT2D eigenvalue weighted by molar-refractivity contribution is 6.27. The molecule has 0 spiro atoms. The van der Waals surface area contributed by atoms with Gasteiger partial charge in [0.25, 0.3) is 5.91 Å². The van der Waals surface area contributed by atoms with Gasteiger partial charge >= 0.3 is 6.01 Å². The summed E-state index contributed by atoms with van der Waals surface area (Å²) < 4.78 is 38.8. The second-order valence-electron chi connectivity index (χ2n) is 22.1. The van der Waals surface area contributed by atoms with Crippen LogP contribution >= 0.6 is 0 Å². The minimum absolute atomic E-state index is 0.00837. The van der Waals surface area contributed by atoms with Gasteiger partial charge in [0.05, 0.1) is 23.3 Å². The minimum Gasteiger partial charge on any atom is -0.508 e. The molecule has 6 aliphatic rings. The molecule has 74 heavy (non-hydrogen) atoms. The molecular weight excluding hydrogens is 945 g/mol. The Balaban J connectivity index is 0.678. The van der Waals surface area contributed by atoms with E-state index >= 15 is 8.78 Å². The van der Waals surface area contributed by atoms with E-state index in [1.165, 1.54) is 23.9 Å². The van der Waals surface area contributed by atoms with Crippen LogP contribution in [0.4, 0.5) is 20.3 Å². The Morgan fingerprint density at radius 2 is 1.61 bits per heavy atom. The van der Waals surface area contributed by atoms with Gasteiger partial charge in [-0.1, -0.05) is 31.2 Å². The fourth-order valence-corrected chi connectivity index (χ4v) is 12.7. The maximum absolute atomic E-state index is 17.2. The molecule has 5 fully saturated rings. The number of likely N-dealkylation sites (tertiary alicyclic amines) is 1. The van der Waals surface area contributed by atoms with Crippen molar-refractivity contribution in [2.45, 2.75) is 89.2 Å². The van der Waals surface area contributed by atoms with Gasteiger partial charge in [-0.3, -0.25) is 34.5 Å². The molecule has 1 unspecified atom stereocenters. The number of halogens is 2. The highest BCUT2D eigenvalue weighted by Crippen LogP contribution is 2.48. The number of amides is 3. The van der Waals surface area contributed by atoms with Gasteiger partial charge in [0.1, 0.15) is 34.6 Å². The number of nitrogens with zero attached hydrogens (tertiary/aromatic N) is 8. The number of pyridine rings is 1. The molecular formula is C57H63F2N9O6. The van der Waals surface area contributed by atoms with Crippen molar-refractivity contribution >= 4 is 61.7 Å². The van der Waals surface area contributed by atoms with Gasteiger partial charge in [-0.2, -0.15) is 9.97 Å². The molecule has 3 N–H and O–H groups in total. The van der Waals surface area contributed by atoms with Crippen molar-refractivity contribution in [3.8, 4) is 23.0 Å². The molecule has 7 heterocycles. The summed E-state index contributed by atoms with van der Waals surface area (Å²) in [6.45, 7) is 13.7. The number of phenolic OH excluding ortho intramolecular Hbond substituents is 1. The lowest BCUT2D eigenvalue weighted by Gasteiger charge is -2.38. The molecule has 1 aliphatic carbocycles. The number of imide groups is 1. The van der Waals surface area contributed by atoms with Crippen LogP contribution in [0, 0.1) is 17.0 Å². The fourth-order valence-electron chi connectivity index (χ4n) is 12.7. The third-order valence-electron chi connectivity index (χ3n) is 16.9. The number of hydrogen-bond acceptors (Lipinski definition) is 13. The van der Waals surface area contributed by atoms with Crippen molar-refractivity contribution in [3.05, 3.63) is 89.1 Å². The van der Waals surface area contributed by atoms with Crippen molar-refractivity contribution in [1.29, 1.82) is 0 Å². The van der Waals surface area contributed by atoms with E-state index in [2.05, 4.69) is 37.1 Å². The van der Waals surface area contributed by atoms with Gasteiger partial charge in [0.15, 0.2) is 5.82 Å². The van der Waals surface area contributed by atoms with Gasteiger partial charge < -0.3 is 29.6 Å². The first-order valence-electron chi connectivity index (χ1n) is 26.6. The molecule has 1 saturated carbocycles. The van der Waals surface area contributed by atoms with Gasteiger partial charge in [-0.05, 0) is 135 Å². The highest BCUT2D eigenvalue weighted by atomic mass is 19.1. The molecule has 12 rings (SSSR count). The van der Waals surface area contributed by atoms with Crippen LogP contribution in [-0.4, -0.2) is 148 Å². The lowest BCUT2D eigenvalue weighted by Crippen LogP contribution is -2.53. The van der Waals surface area contributed by atoms with E-state index in [1.807, 2.05) is 30.0 Å². The molecule has 4 aromatic carbocycles. The van der Waals surface area contributed by atoms with Crippen LogP contribution in [0.15, 0.2) is 60.8 Å². The molecule has 6 aromatic rings. The molecule has 2 atom stereocenters. The number of ether oxygens (including phenoxy) is 1. The number of piperazine rings is 1. The Hall–Kier alpha value is -6.40. The second kappa shape index (κ2) is 19.1. The SMILES string of the molecule is CCc1c(F)ccc2cc(O)cc(-c3ncc4c(N5CCC[C@@](C)(O)C5)nc(OCC5(CN6CCN(CCN7CCC(c8ccc9c%10c(cccc8%10)N(C8CCC(=O)NC8=O)C9=O)CC7)CC6)CC5)nc4c3F)c12. The minimum atomic E-state index is -0.969. The summed E-state index contributed by atoms with van der Waals surface area (Å²) in [5.74, 6) is -1.32. The number of anilines is 2.